The van der Waals surface area contributed by atoms with Crippen LogP contribution in [0, 0.1) is 5.95 Å². The van der Waals surface area contributed by atoms with Gasteiger partial charge in [-0.25, -0.2) is 9.97 Å². The molecule has 150 valence electrons. The van der Waals surface area contributed by atoms with Gasteiger partial charge in [-0.05, 0) is 48.0 Å². The Bertz CT molecular complexity index is 1270. The summed E-state index contributed by atoms with van der Waals surface area (Å²) in [6, 6.07) is 11.4. The summed E-state index contributed by atoms with van der Waals surface area (Å²) in [7, 11) is 0. The van der Waals surface area contributed by atoms with Gasteiger partial charge >= 0.3 is 0 Å². The summed E-state index contributed by atoms with van der Waals surface area (Å²) in [6.45, 7) is 0.344. The molecule has 7 nitrogen and oxygen atoms in total. The highest BCUT2D eigenvalue weighted by Gasteiger charge is 2.13. The molecule has 0 atom stereocenters. The number of pyridine rings is 2. The molecule has 0 fully saturated rings. The van der Waals surface area contributed by atoms with Crippen molar-refractivity contribution >= 4 is 34.5 Å². The highest BCUT2D eigenvalue weighted by Crippen LogP contribution is 2.19. The van der Waals surface area contributed by atoms with Gasteiger partial charge < -0.3 is 9.55 Å². The number of hydrogen-bond donors (Lipinski definition) is 2. The average molecular weight is 421 g/mol. The van der Waals surface area contributed by atoms with E-state index >= 15 is 0 Å². The molecular weight excluding hydrogens is 405 g/mol. The zero-order chi connectivity index (χ0) is 20.9. The Balaban J connectivity index is 1.44. The fourth-order valence-electron chi connectivity index (χ4n) is 2.81. The van der Waals surface area contributed by atoms with Crippen LogP contribution in [0.4, 0.5) is 9.52 Å². The van der Waals surface area contributed by atoms with Crippen LogP contribution in [0.2, 0.25) is 0 Å². The lowest BCUT2D eigenvalue weighted by molar-refractivity contribution is 0.101. The van der Waals surface area contributed by atoms with Gasteiger partial charge in [-0.1, -0.05) is 6.07 Å². The number of hydrogen-bond acceptors (Lipinski definition) is 5. The van der Waals surface area contributed by atoms with Crippen molar-refractivity contribution in [2.45, 2.75) is 6.54 Å². The van der Waals surface area contributed by atoms with Crippen molar-refractivity contribution in [2.75, 3.05) is 5.32 Å². The molecule has 0 spiro atoms. The Morgan fingerprint density at radius 1 is 1.23 bits per heavy atom. The first-order valence-corrected chi connectivity index (χ1v) is 9.85. The van der Waals surface area contributed by atoms with Gasteiger partial charge in [0.2, 0.25) is 11.5 Å². The Hall–Kier alpha value is -3.85. The number of H-pyrrole nitrogens is 1. The fourth-order valence-corrected chi connectivity index (χ4v) is 3.49. The van der Waals surface area contributed by atoms with Crippen LogP contribution in [0.1, 0.15) is 27.4 Å². The van der Waals surface area contributed by atoms with Crippen LogP contribution in [0.15, 0.2) is 65.0 Å². The Morgan fingerprint density at radius 2 is 2.13 bits per heavy atom. The number of nitrogens with one attached hydrogen (secondary N) is 2. The zero-order valence-corrected chi connectivity index (χ0v) is 16.4. The lowest BCUT2D eigenvalue weighted by Gasteiger charge is -2.09. The molecule has 4 aromatic rings. The largest absolute Gasteiger partial charge is 0.339 e. The summed E-state index contributed by atoms with van der Waals surface area (Å²) in [6.07, 6.45) is 6.63. The van der Waals surface area contributed by atoms with E-state index in [0.717, 1.165) is 0 Å². The fraction of sp³-hybridized carbons (Fsp3) is 0.0476. The van der Waals surface area contributed by atoms with Crippen LogP contribution in [-0.2, 0) is 6.54 Å². The average Bonchev–Trinajstić information content (AvgIpc) is 3.36. The van der Waals surface area contributed by atoms with Crippen LogP contribution in [-0.4, -0.2) is 25.4 Å². The molecule has 4 aromatic heterocycles. The molecule has 9 heteroatoms. The molecule has 0 aliphatic heterocycles. The predicted octanol–water partition coefficient (Wildman–Crippen LogP) is 3.64. The lowest BCUT2D eigenvalue weighted by atomic mass is 10.2. The SMILES string of the molecule is O=C(Nc1nc(/C=C/c2cccc(=O)[nH]2)cs1)c1cccn1Cc1ccnc(F)c1. The van der Waals surface area contributed by atoms with E-state index in [1.807, 2.05) is 0 Å². The van der Waals surface area contributed by atoms with E-state index < -0.39 is 5.95 Å². The molecule has 0 unspecified atom stereocenters. The number of aromatic nitrogens is 4. The maximum atomic E-state index is 13.3. The number of amides is 1. The second-order valence-electron chi connectivity index (χ2n) is 6.34. The third-order valence-electron chi connectivity index (χ3n) is 4.17. The van der Waals surface area contributed by atoms with Gasteiger partial charge in [-0.2, -0.15) is 4.39 Å². The first-order chi connectivity index (χ1) is 14.6. The monoisotopic (exact) mass is 421 g/mol. The van der Waals surface area contributed by atoms with Crippen molar-refractivity contribution in [2.24, 2.45) is 0 Å². The Morgan fingerprint density at radius 3 is 2.97 bits per heavy atom. The van der Waals surface area contributed by atoms with Crippen molar-refractivity contribution in [1.82, 2.24) is 19.5 Å². The first-order valence-electron chi connectivity index (χ1n) is 8.97. The van der Waals surface area contributed by atoms with Crippen molar-refractivity contribution in [3.05, 3.63) is 99.2 Å². The van der Waals surface area contributed by atoms with E-state index in [1.54, 1.807) is 58.6 Å². The van der Waals surface area contributed by atoms with Crippen LogP contribution in [0.25, 0.3) is 12.2 Å². The number of carbonyl (C=O) groups excluding carboxylic acids is 1. The number of rotatable bonds is 6. The van der Waals surface area contributed by atoms with E-state index in [1.165, 1.54) is 29.7 Å². The molecule has 4 rings (SSSR count). The van der Waals surface area contributed by atoms with E-state index in [2.05, 4.69) is 20.3 Å². The van der Waals surface area contributed by atoms with Gasteiger partial charge in [0, 0.05) is 36.1 Å². The van der Waals surface area contributed by atoms with E-state index in [-0.39, 0.29) is 11.5 Å². The quantitative estimate of drug-likeness (QED) is 0.465. The molecule has 0 aliphatic rings. The molecule has 0 aromatic carbocycles. The van der Waals surface area contributed by atoms with Gasteiger partial charge in [0.15, 0.2) is 5.13 Å². The van der Waals surface area contributed by atoms with E-state index in [9.17, 15) is 14.0 Å². The molecule has 1 amide bonds. The second kappa shape index (κ2) is 8.66. The summed E-state index contributed by atoms with van der Waals surface area (Å²) >= 11 is 1.29. The Kier molecular flexibility index (Phi) is 5.62. The smallest absolute Gasteiger partial charge is 0.274 e. The molecule has 0 saturated carbocycles. The number of anilines is 1. The minimum absolute atomic E-state index is 0.180. The standard InChI is InChI=1S/C21H16FN5O2S/c22-18-11-14(8-9-23-18)12-27-10-2-4-17(27)20(29)26-21-25-16(13-30-21)7-6-15-3-1-5-19(28)24-15/h1-11,13H,12H2,(H,24,28)(H,25,26,29)/b7-6+. The molecule has 0 saturated heterocycles. The summed E-state index contributed by atoms with van der Waals surface area (Å²) < 4.78 is 15.0. The maximum absolute atomic E-state index is 13.3. The number of aromatic amines is 1. The van der Waals surface area contributed by atoms with Crippen LogP contribution >= 0.6 is 11.3 Å². The topological polar surface area (TPSA) is 92.7 Å². The molecule has 0 aliphatic carbocycles. The highest BCUT2D eigenvalue weighted by molar-refractivity contribution is 7.14. The first kappa shape index (κ1) is 19.5. The highest BCUT2D eigenvalue weighted by atomic mass is 32.1. The van der Waals surface area contributed by atoms with Gasteiger partial charge in [-0.3, -0.25) is 14.9 Å². The maximum Gasteiger partial charge on any atom is 0.274 e. The van der Waals surface area contributed by atoms with Gasteiger partial charge in [-0.15, -0.1) is 11.3 Å². The molecule has 30 heavy (non-hydrogen) atoms. The third kappa shape index (κ3) is 4.76. The number of carbonyl (C=O) groups is 1. The number of nitrogens with zero attached hydrogens (tertiary/aromatic N) is 3. The molecule has 2 N–H and O–H groups in total. The number of thiazole rings is 1. The van der Waals surface area contributed by atoms with Crippen molar-refractivity contribution < 1.29 is 9.18 Å². The van der Waals surface area contributed by atoms with E-state index in [0.29, 0.717) is 34.3 Å². The van der Waals surface area contributed by atoms with Gasteiger partial charge in [0.1, 0.15) is 5.69 Å². The van der Waals surface area contributed by atoms with Crippen molar-refractivity contribution in [3.8, 4) is 0 Å². The predicted molar refractivity (Wildman–Crippen MR) is 114 cm³/mol. The van der Waals surface area contributed by atoms with Gasteiger partial charge in [0.25, 0.3) is 5.91 Å². The summed E-state index contributed by atoms with van der Waals surface area (Å²) in [5.74, 6) is -0.875. The summed E-state index contributed by atoms with van der Waals surface area (Å²) in [5.41, 5.74) is 2.27. The second-order valence-corrected chi connectivity index (χ2v) is 7.20. The minimum Gasteiger partial charge on any atom is -0.339 e. The van der Waals surface area contributed by atoms with Crippen LogP contribution < -0.4 is 10.9 Å². The van der Waals surface area contributed by atoms with Crippen molar-refractivity contribution in [1.29, 1.82) is 0 Å². The van der Waals surface area contributed by atoms with Crippen molar-refractivity contribution in [3.63, 3.8) is 0 Å². The Labute approximate surface area is 174 Å². The molecule has 0 radical (unpaired) electrons. The third-order valence-corrected chi connectivity index (χ3v) is 4.95. The minimum atomic E-state index is -0.561. The van der Waals surface area contributed by atoms with Crippen LogP contribution in [0.3, 0.4) is 0 Å². The lowest BCUT2D eigenvalue weighted by Crippen LogP contribution is -2.17. The molecule has 4 heterocycles. The summed E-state index contributed by atoms with van der Waals surface area (Å²) in [4.78, 5) is 34.6. The summed E-state index contributed by atoms with van der Waals surface area (Å²) in [5, 5.41) is 5.02. The van der Waals surface area contributed by atoms with Crippen LogP contribution in [0.5, 0.6) is 0 Å². The van der Waals surface area contributed by atoms with E-state index in [4.69, 9.17) is 0 Å². The van der Waals surface area contributed by atoms with Gasteiger partial charge in [0.05, 0.1) is 5.69 Å². The zero-order valence-electron chi connectivity index (χ0n) is 15.6. The molecule has 0 bridgehead atoms. The normalized spacial score (nSPS) is 11.1. The number of halogens is 1. The molecular formula is C21H16FN5O2S.